The van der Waals surface area contributed by atoms with Gasteiger partial charge in [-0.15, -0.1) is 0 Å². The van der Waals surface area contributed by atoms with Crippen LogP contribution >= 0.6 is 0 Å². The van der Waals surface area contributed by atoms with Crippen LogP contribution < -0.4 is 15.4 Å². The van der Waals surface area contributed by atoms with Crippen molar-refractivity contribution in [1.29, 1.82) is 0 Å². The van der Waals surface area contributed by atoms with Gasteiger partial charge in [-0.25, -0.2) is 0 Å². The quantitative estimate of drug-likeness (QED) is 0.783. The zero-order valence-corrected chi connectivity index (χ0v) is 11.7. The van der Waals surface area contributed by atoms with Gasteiger partial charge in [0.2, 0.25) is 5.91 Å². The predicted molar refractivity (Wildman–Crippen MR) is 77.9 cm³/mol. The molecule has 0 saturated heterocycles. The first-order valence-electron chi connectivity index (χ1n) is 6.31. The summed E-state index contributed by atoms with van der Waals surface area (Å²) in [6, 6.07) is 7.55. The minimum atomic E-state index is -0.130. The topological polar surface area (TPSA) is 79.0 Å². The smallest absolute Gasteiger partial charge is 0.221 e. The molecule has 0 radical (unpaired) electrons. The molecule has 1 atom stereocenters. The summed E-state index contributed by atoms with van der Waals surface area (Å²) in [5.41, 5.74) is 2.55. The normalized spacial score (nSPS) is 11.8. The summed E-state index contributed by atoms with van der Waals surface area (Å²) in [5.74, 6) is 0.483. The Morgan fingerprint density at radius 3 is 2.80 bits per heavy atom. The van der Waals surface area contributed by atoms with Gasteiger partial charge in [0.05, 0.1) is 24.5 Å². The van der Waals surface area contributed by atoms with Crippen LogP contribution in [-0.2, 0) is 4.79 Å². The summed E-state index contributed by atoms with van der Waals surface area (Å²) >= 11 is 0. The van der Waals surface area contributed by atoms with Crippen molar-refractivity contribution < 1.29 is 9.53 Å². The van der Waals surface area contributed by atoms with Crippen LogP contribution in [0.25, 0.3) is 0 Å². The van der Waals surface area contributed by atoms with Gasteiger partial charge >= 0.3 is 0 Å². The molecule has 0 spiro atoms. The number of ether oxygens (including phenoxy) is 1. The molecule has 1 unspecified atom stereocenters. The van der Waals surface area contributed by atoms with Crippen LogP contribution in [-0.4, -0.2) is 23.2 Å². The molecule has 2 rings (SSSR count). The summed E-state index contributed by atoms with van der Waals surface area (Å²) in [7, 11) is 1.57. The average Bonchev–Trinajstić information content (AvgIpc) is 2.94. The van der Waals surface area contributed by atoms with Gasteiger partial charge < -0.3 is 15.4 Å². The Labute approximate surface area is 117 Å². The van der Waals surface area contributed by atoms with E-state index in [1.807, 2.05) is 31.2 Å². The fourth-order valence-electron chi connectivity index (χ4n) is 1.91. The molecule has 0 aliphatic heterocycles. The molecule has 0 bridgehead atoms. The monoisotopic (exact) mass is 274 g/mol. The lowest BCUT2D eigenvalue weighted by atomic mass is 10.2. The van der Waals surface area contributed by atoms with Crippen LogP contribution in [0.4, 0.5) is 11.4 Å². The maximum atomic E-state index is 11.1. The van der Waals surface area contributed by atoms with Crippen molar-refractivity contribution >= 4 is 17.3 Å². The molecule has 0 aliphatic carbocycles. The highest BCUT2D eigenvalue weighted by molar-refractivity contribution is 5.90. The van der Waals surface area contributed by atoms with Gasteiger partial charge in [0, 0.05) is 24.9 Å². The van der Waals surface area contributed by atoms with E-state index in [1.165, 1.54) is 6.92 Å². The standard InChI is InChI=1S/C14H18N4O2/c1-9(12-6-7-15-18-12)16-11-4-5-13(17-10(2)19)14(8-11)20-3/h4-9,16H,1-3H3,(H,15,18)(H,17,19). The van der Waals surface area contributed by atoms with E-state index in [9.17, 15) is 4.79 Å². The highest BCUT2D eigenvalue weighted by atomic mass is 16.5. The molecule has 3 N–H and O–H groups in total. The number of carbonyl (C=O) groups is 1. The molecular weight excluding hydrogens is 256 g/mol. The zero-order chi connectivity index (χ0) is 14.5. The van der Waals surface area contributed by atoms with E-state index >= 15 is 0 Å². The molecule has 0 fully saturated rings. The first kappa shape index (κ1) is 13.9. The molecule has 6 nitrogen and oxygen atoms in total. The number of nitrogens with one attached hydrogen (secondary N) is 3. The Morgan fingerprint density at radius 2 is 2.20 bits per heavy atom. The van der Waals surface area contributed by atoms with Crippen molar-refractivity contribution in [2.75, 3.05) is 17.7 Å². The summed E-state index contributed by atoms with van der Waals surface area (Å²) in [6.45, 7) is 3.49. The van der Waals surface area contributed by atoms with Crippen LogP contribution in [0.3, 0.4) is 0 Å². The lowest BCUT2D eigenvalue weighted by Gasteiger charge is -2.16. The van der Waals surface area contributed by atoms with Crippen molar-refractivity contribution in [3.8, 4) is 5.75 Å². The van der Waals surface area contributed by atoms with Crippen molar-refractivity contribution in [3.63, 3.8) is 0 Å². The van der Waals surface area contributed by atoms with Crippen molar-refractivity contribution in [1.82, 2.24) is 10.2 Å². The number of carbonyl (C=O) groups excluding carboxylic acids is 1. The number of aromatic nitrogens is 2. The third-order valence-corrected chi connectivity index (χ3v) is 2.88. The fraction of sp³-hybridized carbons (Fsp3) is 0.286. The first-order valence-corrected chi connectivity index (χ1v) is 6.31. The molecule has 1 amide bonds. The zero-order valence-electron chi connectivity index (χ0n) is 11.7. The van der Waals surface area contributed by atoms with Crippen LogP contribution in [0.2, 0.25) is 0 Å². The Morgan fingerprint density at radius 1 is 1.40 bits per heavy atom. The Balaban J connectivity index is 2.15. The number of rotatable bonds is 5. The highest BCUT2D eigenvalue weighted by Gasteiger charge is 2.09. The molecule has 20 heavy (non-hydrogen) atoms. The molecule has 0 aliphatic rings. The number of anilines is 2. The van der Waals surface area contributed by atoms with Gasteiger partial charge in [0.25, 0.3) is 0 Å². The number of aromatic amines is 1. The van der Waals surface area contributed by atoms with Gasteiger partial charge in [-0.05, 0) is 25.1 Å². The van der Waals surface area contributed by atoms with Crippen LogP contribution in [0.1, 0.15) is 25.6 Å². The van der Waals surface area contributed by atoms with Crippen LogP contribution in [0.15, 0.2) is 30.5 Å². The van der Waals surface area contributed by atoms with E-state index in [4.69, 9.17) is 4.74 Å². The summed E-state index contributed by atoms with van der Waals surface area (Å²) < 4.78 is 5.28. The Bertz CT molecular complexity index is 581. The second-order valence-corrected chi connectivity index (χ2v) is 4.47. The third-order valence-electron chi connectivity index (χ3n) is 2.88. The third kappa shape index (κ3) is 3.28. The van der Waals surface area contributed by atoms with E-state index in [0.29, 0.717) is 11.4 Å². The molecule has 1 heterocycles. The lowest BCUT2D eigenvalue weighted by molar-refractivity contribution is -0.114. The SMILES string of the molecule is COc1cc(NC(C)c2ccn[nH]2)ccc1NC(C)=O. The van der Waals surface area contributed by atoms with E-state index < -0.39 is 0 Å². The summed E-state index contributed by atoms with van der Waals surface area (Å²) in [6.07, 6.45) is 1.72. The van der Waals surface area contributed by atoms with Crippen molar-refractivity contribution in [2.45, 2.75) is 19.9 Å². The molecule has 106 valence electrons. The molecule has 1 aromatic carbocycles. The van der Waals surface area contributed by atoms with Gasteiger partial charge in [-0.2, -0.15) is 5.10 Å². The van der Waals surface area contributed by atoms with Gasteiger partial charge in [0.15, 0.2) is 0 Å². The molecule has 6 heteroatoms. The lowest BCUT2D eigenvalue weighted by Crippen LogP contribution is -2.09. The van der Waals surface area contributed by atoms with Crippen LogP contribution in [0.5, 0.6) is 5.75 Å². The fourth-order valence-corrected chi connectivity index (χ4v) is 1.91. The second-order valence-electron chi connectivity index (χ2n) is 4.47. The van der Waals surface area contributed by atoms with E-state index in [0.717, 1.165) is 11.4 Å². The number of H-pyrrole nitrogens is 1. The van der Waals surface area contributed by atoms with Gasteiger partial charge in [-0.1, -0.05) is 0 Å². The Kier molecular flexibility index (Phi) is 4.24. The van der Waals surface area contributed by atoms with Gasteiger partial charge in [0.1, 0.15) is 5.75 Å². The van der Waals surface area contributed by atoms with Gasteiger partial charge in [-0.3, -0.25) is 9.89 Å². The summed E-state index contributed by atoms with van der Waals surface area (Å²) in [5, 5.41) is 12.9. The number of nitrogens with zero attached hydrogens (tertiary/aromatic N) is 1. The number of hydrogen-bond acceptors (Lipinski definition) is 4. The molecule has 1 aromatic heterocycles. The molecular formula is C14H18N4O2. The number of benzene rings is 1. The van der Waals surface area contributed by atoms with Crippen LogP contribution in [0, 0.1) is 0 Å². The van der Waals surface area contributed by atoms with E-state index in [1.54, 1.807) is 13.3 Å². The number of hydrogen-bond donors (Lipinski definition) is 3. The summed E-state index contributed by atoms with van der Waals surface area (Å²) in [4.78, 5) is 11.1. The van der Waals surface area contributed by atoms with Crippen molar-refractivity contribution in [3.05, 3.63) is 36.2 Å². The van der Waals surface area contributed by atoms with E-state index in [2.05, 4.69) is 20.8 Å². The van der Waals surface area contributed by atoms with E-state index in [-0.39, 0.29) is 11.9 Å². The van der Waals surface area contributed by atoms with Crippen molar-refractivity contribution in [2.24, 2.45) is 0 Å². The average molecular weight is 274 g/mol. The molecule has 0 saturated carbocycles. The maximum absolute atomic E-state index is 11.1. The number of amides is 1. The minimum absolute atomic E-state index is 0.0915. The first-order chi connectivity index (χ1) is 9.60. The highest BCUT2D eigenvalue weighted by Crippen LogP contribution is 2.29. The molecule has 2 aromatic rings. The predicted octanol–water partition coefficient (Wildman–Crippen LogP) is 2.55. The largest absolute Gasteiger partial charge is 0.494 e. The number of methoxy groups -OCH3 is 1. The minimum Gasteiger partial charge on any atom is -0.494 e. The second kappa shape index (κ2) is 6.10. The maximum Gasteiger partial charge on any atom is 0.221 e. The Hall–Kier alpha value is -2.50.